The summed E-state index contributed by atoms with van der Waals surface area (Å²) in [6.45, 7) is 2.25. The molecule has 4 N–H and O–H groups in total. The Labute approximate surface area is 107 Å². The van der Waals surface area contributed by atoms with Crippen LogP contribution >= 0.6 is 0 Å². The zero-order valence-electron chi connectivity index (χ0n) is 10.4. The van der Waals surface area contributed by atoms with Crippen molar-refractivity contribution in [1.82, 2.24) is 9.71 Å². The molecule has 102 valence electrons. The monoisotopic (exact) mass is 274 g/mol. The van der Waals surface area contributed by atoms with Gasteiger partial charge in [-0.2, -0.15) is 0 Å². The molecule has 1 atom stereocenters. The number of anilines is 1. The van der Waals surface area contributed by atoms with E-state index < -0.39 is 10.0 Å². The van der Waals surface area contributed by atoms with Gasteiger partial charge in [0.15, 0.2) is 0 Å². The molecule has 0 aromatic carbocycles. The summed E-state index contributed by atoms with van der Waals surface area (Å²) in [5.41, 5.74) is 2.64. The van der Waals surface area contributed by atoms with Crippen LogP contribution in [0.5, 0.6) is 0 Å². The number of hydrogen-bond acceptors (Lipinski definition) is 6. The lowest BCUT2D eigenvalue weighted by Crippen LogP contribution is -2.34. The van der Waals surface area contributed by atoms with Crippen molar-refractivity contribution in [3.8, 4) is 0 Å². The van der Waals surface area contributed by atoms with Crippen molar-refractivity contribution in [2.75, 3.05) is 19.1 Å². The zero-order valence-corrected chi connectivity index (χ0v) is 11.2. The quantitative estimate of drug-likeness (QED) is 0.480. The van der Waals surface area contributed by atoms with Gasteiger partial charge in [0, 0.05) is 32.2 Å². The van der Waals surface area contributed by atoms with E-state index in [0.29, 0.717) is 18.7 Å². The van der Waals surface area contributed by atoms with Crippen LogP contribution in [0, 0.1) is 0 Å². The van der Waals surface area contributed by atoms with Crippen molar-refractivity contribution < 1.29 is 13.2 Å². The molecule has 0 fully saturated rings. The largest absolute Gasteiger partial charge is 0.385 e. The Morgan fingerprint density at radius 1 is 1.56 bits per heavy atom. The fraction of sp³-hybridized carbons (Fsp3) is 0.500. The fourth-order valence-corrected chi connectivity index (χ4v) is 2.79. The summed E-state index contributed by atoms with van der Waals surface area (Å²) in [4.78, 5) is 3.81. The lowest BCUT2D eigenvalue weighted by Gasteiger charge is -2.15. The number of sulfonamides is 1. The molecule has 0 spiro atoms. The molecule has 18 heavy (non-hydrogen) atoms. The van der Waals surface area contributed by atoms with Crippen LogP contribution in [0.25, 0.3) is 0 Å². The van der Waals surface area contributed by atoms with Gasteiger partial charge in [0.2, 0.25) is 10.0 Å². The van der Waals surface area contributed by atoms with Crippen LogP contribution in [0.15, 0.2) is 23.4 Å². The molecular formula is C10H18N4O3S. The summed E-state index contributed by atoms with van der Waals surface area (Å²) in [5, 5.41) is 0. The topological polar surface area (TPSA) is 106 Å². The van der Waals surface area contributed by atoms with Crippen LogP contribution in [0.2, 0.25) is 0 Å². The first-order valence-corrected chi connectivity index (χ1v) is 6.91. The molecule has 1 rings (SSSR count). The van der Waals surface area contributed by atoms with Gasteiger partial charge in [0.1, 0.15) is 4.90 Å². The van der Waals surface area contributed by atoms with Gasteiger partial charge >= 0.3 is 0 Å². The number of ether oxygens (including phenoxy) is 1. The lowest BCUT2D eigenvalue weighted by atomic mass is 10.3. The minimum absolute atomic E-state index is 0.0248. The van der Waals surface area contributed by atoms with Gasteiger partial charge < -0.3 is 10.2 Å². The van der Waals surface area contributed by atoms with Crippen LogP contribution in [0.3, 0.4) is 0 Å². The van der Waals surface area contributed by atoms with E-state index in [1.807, 2.05) is 0 Å². The predicted molar refractivity (Wildman–Crippen MR) is 68.3 cm³/mol. The van der Waals surface area contributed by atoms with Gasteiger partial charge in [0.05, 0.1) is 5.69 Å². The SMILES string of the molecule is COCCC(C)NS(=O)(=O)c1cnccc1NN. The van der Waals surface area contributed by atoms with Gasteiger partial charge in [-0.25, -0.2) is 13.1 Å². The third-order valence-electron chi connectivity index (χ3n) is 2.34. The number of nitrogen functional groups attached to an aromatic ring is 1. The van der Waals surface area contributed by atoms with Crippen LogP contribution in [0.4, 0.5) is 5.69 Å². The number of hydrogen-bond donors (Lipinski definition) is 3. The maximum Gasteiger partial charge on any atom is 0.244 e. The Morgan fingerprint density at radius 3 is 2.89 bits per heavy atom. The van der Waals surface area contributed by atoms with Crippen LogP contribution < -0.4 is 16.0 Å². The molecule has 1 heterocycles. The standard InChI is InChI=1S/C10H18N4O3S/c1-8(4-6-17-2)14-18(15,16)10-7-12-5-3-9(10)13-11/h3,5,7-8,14H,4,6,11H2,1-2H3,(H,12,13). The Hall–Kier alpha value is -1.22. The highest BCUT2D eigenvalue weighted by molar-refractivity contribution is 7.89. The van der Waals surface area contributed by atoms with Gasteiger partial charge in [-0.1, -0.05) is 0 Å². The first-order chi connectivity index (χ1) is 8.51. The number of hydrazine groups is 1. The molecule has 1 unspecified atom stereocenters. The van der Waals surface area contributed by atoms with E-state index in [1.165, 1.54) is 18.5 Å². The number of rotatable bonds is 7. The Balaban J connectivity index is 2.86. The van der Waals surface area contributed by atoms with Crippen LogP contribution in [-0.4, -0.2) is 33.2 Å². The van der Waals surface area contributed by atoms with Gasteiger partial charge in [-0.15, -0.1) is 0 Å². The van der Waals surface area contributed by atoms with Crippen molar-refractivity contribution in [1.29, 1.82) is 0 Å². The fourth-order valence-electron chi connectivity index (χ4n) is 1.40. The predicted octanol–water partition coefficient (Wildman–Crippen LogP) is 0.0705. The molecule has 0 saturated carbocycles. The molecule has 0 aliphatic heterocycles. The number of nitrogens with two attached hydrogens (primary N) is 1. The highest BCUT2D eigenvalue weighted by Crippen LogP contribution is 2.18. The highest BCUT2D eigenvalue weighted by Gasteiger charge is 2.20. The smallest absolute Gasteiger partial charge is 0.244 e. The van der Waals surface area contributed by atoms with Crippen molar-refractivity contribution >= 4 is 15.7 Å². The van der Waals surface area contributed by atoms with Crippen molar-refractivity contribution in [3.63, 3.8) is 0 Å². The minimum Gasteiger partial charge on any atom is -0.385 e. The van der Waals surface area contributed by atoms with E-state index in [2.05, 4.69) is 15.1 Å². The average molecular weight is 274 g/mol. The Morgan fingerprint density at radius 2 is 2.28 bits per heavy atom. The molecule has 0 amide bonds. The Kier molecular flexibility index (Phi) is 5.48. The Bertz CT molecular complexity index is 478. The third kappa shape index (κ3) is 3.91. The van der Waals surface area contributed by atoms with E-state index in [4.69, 9.17) is 10.6 Å². The summed E-state index contributed by atoms with van der Waals surface area (Å²) in [6, 6.07) is 1.26. The second-order valence-electron chi connectivity index (χ2n) is 3.82. The number of nitrogens with one attached hydrogen (secondary N) is 2. The zero-order chi connectivity index (χ0) is 13.6. The second-order valence-corrected chi connectivity index (χ2v) is 5.50. The molecular weight excluding hydrogens is 256 g/mol. The van der Waals surface area contributed by atoms with E-state index in [1.54, 1.807) is 14.0 Å². The molecule has 0 radical (unpaired) electrons. The van der Waals surface area contributed by atoms with Crippen molar-refractivity contribution in [3.05, 3.63) is 18.5 Å². The molecule has 7 nitrogen and oxygen atoms in total. The summed E-state index contributed by atoms with van der Waals surface area (Å²) in [7, 11) is -2.08. The molecule has 0 saturated heterocycles. The maximum atomic E-state index is 12.1. The van der Waals surface area contributed by atoms with Gasteiger partial charge in [-0.3, -0.25) is 10.8 Å². The molecule has 0 aliphatic carbocycles. The van der Waals surface area contributed by atoms with Crippen molar-refractivity contribution in [2.45, 2.75) is 24.3 Å². The minimum atomic E-state index is -3.64. The average Bonchev–Trinajstić information content (AvgIpc) is 2.35. The third-order valence-corrected chi connectivity index (χ3v) is 3.96. The molecule has 1 aromatic rings. The second kappa shape index (κ2) is 6.64. The molecule has 0 bridgehead atoms. The van der Waals surface area contributed by atoms with E-state index in [9.17, 15) is 8.42 Å². The summed E-state index contributed by atoms with van der Waals surface area (Å²) < 4.78 is 31.6. The highest BCUT2D eigenvalue weighted by atomic mass is 32.2. The molecule has 1 aromatic heterocycles. The van der Waals surface area contributed by atoms with Gasteiger partial charge in [-0.05, 0) is 19.4 Å². The van der Waals surface area contributed by atoms with Crippen LogP contribution in [-0.2, 0) is 14.8 Å². The van der Waals surface area contributed by atoms with E-state index in [0.717, 1.165) is 0 Å². The first-order valence-electron chi connectivity index (χ1n) is 5.43. The van der Waals surface area contributed by atoms with E-state index >= 15 is 0 Å². The van der Waals surface area contributed by atoms with Gasteiger partial charge in [0.25, 0.3) is 0 Å². The number of methoxy groups -OCH3 is 1. The van der Waals surface area contributed by atoms with Crippen molar-refractivity contribution in [2.24, 2.45) is 5.84 Å². The summed E-state index contributed by atoms with van der Waals surface area (Å²) >= 11 is 0. The molecule has 8 heteroatoms. The first kappa shape index (κ1) is 14.8. The maximum absolute atomic E-state index is 12.1. The lowest BCUT2D eigenvalue weighted by molar-refractivity contribution is 0.188. The normalized spacial score (nSPS) is 13.3. The summed E-state index contributed by atoms with van der Waals surface area (Å²) in [5.74, 6) is 5.27. The number of aromatic nitrogens is 1. The van der Waals surface area contributed by atoms with Crippen LogP contribution in [0.1, 0.15) is 13.3 Å². The molecule has 0 aliphatic rings. The number of pyridine rings is 1. The van der Waals surface area contributed by atoms with E-state index in [-0.39, 0.29) is 10.9 Å². The number of nitrogens with zero attached hydrogens (tertiary/aromatic N) is 1. The summed E-state index contributed by atoms with van der Waals surface area (Å²) in [6.07, 6.45) is 3.30.